The summed E-state index contributed by atoms with van der Waals surface area (Å²) < 4.78 is 40.2. The van der Waals surface area contributed by atoms with Gasteiger partial charge >= 0.3 is 0 Å². The molecule has 0 fully saturated rings. The number of anilines is 1. The quantitative estimate of drug-likeness (QED) is 0.493. The van der Waals surface area contributed by atoms with Crippen LogP contribution in [-0.4, -0.2) is 56.6 Å². The summed E-state index contributed by atoms with van der Waals surface area (Å²) in [6.07, 6.45) is 2.49. The van der Waals surface area contributed by atoms with Gasteiger partial charge in [0, 0.05) is 12.6 Å². The van der Waals surface area contributed by atoms with Crippen molar-refractivity contribution in [3.8, 4) is 0 Å². The van der Waals surface area contributed by atoms with Crippen molar-refractivity contribution >= 4 is 27.5 Å². The first-order valence-corrected chi connectivity index (χ1v) is 13.3. The number of hydrogen-bond acceptors (Lipinski definition) is 4. The van der Waals surface area contributed by atoms with Gasteiger partial charge in [-0.2, -0.15) is 0 Å². The smallest absolute Gasteiger partial charge is 0.244 e. The maximum atomic E-state index is 14.4. The van der Waals surface area contributed by atoms with Gasteiger partial charge in [-0.3, -0.25) is 13.9 Å². The summed E-state index contributed by atoms with van der Waals surface area (Å²) in [4.78, 5) is 27.9. The highest BCUT2D eigenvalue weighted by atomic mass is 32.2. The summed E-state index contributed by atoms with van der Waals surface area (Å²) in [7, 11) is -3.97. The van der Waals surface area contributed by atoms with E-state index in [0.717, 1.165) is 28.6 Å². The van der Waals surface area contributed by atoms with Crippen LogP contribution in [0.4, 0.5) is 10.1 Å². The fourth-order valence-corrected chi connectivity index (χ4v) is 4.44. The molecular weight excluding hydrogens is 457 g/mol. The molecule has 2 amide bonds. The molecule has 0 aromatic heterocycles. The molecule has 0 saturated heterocycles. The van der Waals surface area contributed by atoms with Gasteiger partial charge in [-0.25, -0.2) is 12.8 Å². The number of nitrogens with zero attached hydrogens (tertiary/aromatic N) is 2. The zero-order valence-corrected chi connectivity index (χ0v) is 21.0. The number of rotatable bonds is 12. The lowest BCUT2D eigenvalue weighted by atomic mass is 10.1. The van der Waals surface area contributed by atoms with E-state index in [4.69, 9.17) is 0 Å². The molecule has 1 N–H and O–H groups in total. The Balaban J connectivity index is 2.37. The van der Waals surface area contributed by atoms with Crippen LogP contribution >= 0.6 is 0 Å². The lowest BCUT2D eigenvalue weighted by molar-refractivity contribution is -0.139. The Bertz CT molecular complexity index is 1060. The number of amides is 2. The average molecular weight is 492 g/mol. The molecule has 0 radical (unpaired) electrons. The minimum atomic E-state index is -3.97. The Morgan fingerprint density at radius 3 is 2.18 bits per heavy atom. The van der Waals surface area contributed by atoms with Crippen molar-refractivity contribution in [3.63, 3.8) is 0 Å². The molecule has 0 heterocycles. The average Bonchev–Trinajstić information content (AvgIpc) is 2.80. The number of carbonyl (C=O) groups is 2. The fraction of sp³-hybridized carbons (Fsp3) is 0.440. The maximum absolute atomic E-state index is 14.4. The third-order valence-electron chi connectivity index (χ3n) is 5.67. The lowest BCUT2D eigenvalue weighted by Gasteiger charge is -2.33. The molecule has 2 atom stereocenters. The Morgan fingerprint density at radius 2 is 1.62 bits per heavy atom. The largest absolute Gasteiger partial charge is 0.352 e. The van der Waals surface area contributed by atoms with Crippen molar-refractivity contribution in [1.29, 1.82) is 0 Å². The number of hydrogen-bond donors (Lipinski definition) is 1. The summed E-state index contributed by atoms with van der Waals surface area (Å²) in [6.45, 7) is 5.23. The van der Waals surface area contributed by atoms with Crippen LogP contribution in [-0.2, 0) is 26.0 Å². The molecular formula is C25H34FN3O4S. The van der Waals surface area contributed by atoms with Gasteiger partial charge in [-0.15, -0.1) is 0 Å². The van der Waals surface area contributed by atoms with E-state index in [1.807, 2.05) is 44.2 Å². The second kappa shape index (κ2) is 12.5. The molecule has 0 bridgehead atoms. The molecule has 0 saturated carbocycles. The topological polar surface area (TPSA) is 86.8 Å². The van der Waals surface area contributed by atoms with Crippen molar-refractivity contribution in [2.75, 3.05) is 23.7 Å². The Morgan fingerprint density at radius 1 is 1.00 bits per heavy atom. The molecule has 2 rings (SSSR count). The summed E-state index contributed by atoms with van der Waals surface area (Å²) in [5.41, 5.74) is 0.769. The maximum Gasteiger partial charge on any atom is 0.244 e. The van der Waals surface area contributed by atoms with Gasteiger partial charge in [-0.1, -0.05) is 56.3 Å². The zero-order chi connectivity index (χ0) is 25.3. The molecule has 0 spiro atoms. The predicted molar refractivity (Wildman–Crippen MR) is 132 cm³/mol. The number of nitrogens with one attached hydrogen (secondary N) is 1. The molecule has 2 aromatic rings. The van der Waals surface area contributed by atoms with Crippen LogP contribution in [0.5, 0.6) is 0 Å². The molecule has 0 unspecified atom stereocenters. The third-order valence-corrected chi connectivity index (χ3v) is 6.80. The van der Waals surface area contributed by atoms with Crippen molar-refractivity contribution in [2.45, 2.75) is 52.1 Å². The molecule has 0 aliphatic carbocycles. The van der Waals surface area contributed by atoms with E-state index in [1.54, 1.807) is 6.92 Å². The molecule has 9 heteroatoms. The monoisotopic (exact) mass is 491 g/mol. The second-order valence-electron chi connectivity index (χ2n) is 8.29. The van der Waals surface area contributed by atoms with E-state index >= 15 is 0 Å². The molecule has 34 heavy (non-hydrogen) atoms. The fourth-order valence-electron chi connectivity index (χ4n) is 3.59. The highest BCUT2D eigenvalue weighted by Gasteiger charge is 2.32. The number of sulfonamides is 1. The van der Waals surface area contributed by atoms with Crippen molar-refractivity contribution in [2.24, 2.45) is 0 Å². The molecule has 0 aliphatic heterocycles. The first kappa shape index (κ1) is 27.3. The Labute approximate surface area is 202 Å². The first-order valence-electron chi connectivity index (χ1n) is 11.4. The highest BCUT2D eigenvalue weighted by molar-refractivity contribution is 7.92. The van der Waals surface area contributed by atoms with E-state index < -0.39 is 34.3 Å². The number of halogens is 1. The molecule has 2 aromatic carbocycles. The van der Waals surface area contributed by atoms with E-state index in [9.17, 15) is 22.4 Å². The Hall–Kier alpha value is -2.94. The van der Waals surface area contributed by atoms with Gasteiger partial charge in [0.2, 0.25) is 21.8 Å². The lowest BCUT2D eigenvalue weighted by Crippen LogP contribution is -2.54. The minimum Gasteiger partial charge on any atom is -0.352 e. The normalized spacial score (nSPS) is 13.1. The first-order chi connectivity index (χ1) is 16.1. The van der Waals surface area contributed by atoms with E-state index in [2.05, 4.69) is 5.32 Å². The van der Waals surface area contributed by atoms with Crippen LogP contribution in [0.1, 0.15) is 39.2 Å². The summed E-state index contributed by atoms with van der Waals surface area (Å²) in [5.74, 6) is -1.62. The van der Waals surface area contributed by atoms with Crippen LogP contribution in [0.2, 0.25) is 0 Å². The van der Waals surface area contributed by atoms with Crippen molar-refractivity contribution < 1.29 is 22.4 Å². The molecule has 186 valence electrons. The third kappa shape index (κ3) is 7.55. The van der Waals surface area contributed by atoms with Crippen LogP contribution < -0.4 is 9.62 Å². The minimum absolute atomic E-state index is 0.0708. The number of para-hydroxylation sites is 1. The van der Waals surface area contributed by atoms with Gasteiger partial charge in [0.25, 0.3) is 0 Å². The van der Waals surface area contributed by atoms with Gasteiger partial charge in [0.15, 0.2) is 0 Å². The van der Waals surface area contributed by atoms with Gasteiger partial charge in [0.05, 0.1) is 11.9 Å². The summed E-state index contributed by atoms with van der Waals surface area (Å²) in [5, 5.41) is 2.91. The SMILES string of the molecule is CC[C@@H](C)NC(=O)[C@H](CC)N(CCc1ccccc1)C(=O)CN(c1ccccc1F)S(C)(=O)=O. The number of carbonyl (C=O) groups excluding carboxylic acids is 2. The van der Waals surface area contributed by atoms with E-state index in [0.29, 0.717) is 12.8 Å². The van der Waals surface area contributed by atoms with Crippen molar-refractivity contribution in [1.82, 2.24) is 10.2 Å². The predicted octanol–water partition coefficient (Wildman–Crippen LogP) is 3.36. The van der Waals surface area contributed by atoms with Crippen LogP contribution in [0, 0.1) is 5.82 Å². The van der Waals surface area contributed by atoms with E-state index in [-0.39, 0.29) is 24.2 Å². The van der Waals surface area contributed by atoms with Gasteiger partial charge in [-0.05, 0) is 43.9 Å². The second-order valence-corrected chi connectivity index (χ2v) is 10.2. The zero-order valence-electron chi connectivity index (χ0n) is 20.2. The number of benzene rings is 2. The van der Waals surface area contributed by atoms with Gasteiger partial charge in [0.1, 0.15) is 18.4 Å². The van der Waals surface area contributed by atoms with E-state index in [1.165, 1.54) is 23.1 Å². The van der Waals surface area contributed by atoms with Crippen LogP contribution in [0.15, 0.2) is 54.6 Å². The molecule has 7 nitrogen and oxygen atoms in total. The summed E-state index contributed by atoms with van der Waals surface area (Å²) in [6, 6.07) is 14.0. The molecule has 0 aliphatic rings. The van der Waals surface area contributed by atoms with Crippen LogP contribution in [0.25, 0.3) is 0 Å². The summed E-state index contributed by atoms with van der Waals surface area (Å²) >= 11 is 0. The highest BCUT2D eigenvalue weighted by Crippen LogP contribution is 2.22. The van der Waals surface area contributed by atoms with Crippen molar-refractivity contribution in [3.05, 3.63) is 66.0 Å². The van der Waals surface area contributed by atoms with Crippen LogP contribution in [0.3, 0.4) is 0 Å². The Kier molecular flexibility index (Phi) is 10.0. The standard InChI is InChI=1S/C25H34FN3O4S/c1-5-19(3)27-25(31)22(6-2)28(17-16-20-12-8-7-9-13-20)24(30)18-29(34(4,32)33)23-15-11-10-14-21(23)26/h7-15,19,22H,5-6,16-18H2,1-4H3,(H,27,31)/t19-,22+/m1/s1. The van der Waals surface area contributed by atoms with Gasteiger partial charge < -0.3 is 10.2 Å².